The number of carboxylic acids is 1. The van der Waals surface area contributed by atoms with Gasteiger partial charge in [-0.3, -0.25) is 0 Å². The molecule has 0 aliphatic rings. The molecule has 5 nitrogen and oxygen atoms in total. The second-order valence-electron chi connectivity index (χ2n) is 3.65. The average molecular weight is 235 g/mol. The van der Waals surface area contributed by atoms with E-state index in [0.717, 1.165) is 0 Å². The molecular weight excluding hydrogens is 225 g/mol. The van der Waals surface area contributed by atoms with Crippen LogP contribution in [0.3, 0.4) is 0 Å². The van der Waals surface area contributed by atoms with Gasteiger partial charge in [0, 0.05) is 0 Å². The molecule has 0 fully saturated rings. The summed E-state index contributed by atoms with van der Waals surface area (Å²) in [4.78, 5) is 10.8. The van der Waals surface area contributed by atoms with Crippen LogP contribution in [0, 0.1) is 19.7 Å². The first kappa shape index (κ1) is 11.3. The summed E-state index contributed by atoms with van der Waals surface area (Å²) in [5.41, 5.74) is 1.01. The Balaban J connectivity index is 2.66. The Labute approximate surface area is 96.5 Å². The van der Waals surface area contributed by atoms with Crippen LogP contribution in [-0.2, 0) is 0 Å². The lowest BCUT2D eigenvalue weighted by Crippen LogP contribution is -2.06. The summed E-state index contributed by atoms with van der Waals surface area (Å²) in [5, 5.41) is 16.1. The lowest BCUT2D eigenvalue weighted by atomic mass is 10.2. The van der Waals surface area contributed by atoms with Gasteiger partial charge in [0.2, 0.25) is 0 Å². The number of benzene rings is 1. The van der Waals surface area contributed by atoms with Gasteiger partial charge in [-0.15, -0.1) is 5.10 Å². The van der Waals surface area contributed by atoms with Crippen molar-refractivity contribution in [3.05, 3.63) is 41.0 Å². The fraction of sp³-hybridized carbons (Fsp3) is 0.182. The molecule has 0 aliphatic heterocycles. The third-order valence-corrected chi connectivity index (χ3v) is 2.50. The third-order valence-electron chi connectivity index (χ3n) is 2.50. The summed E-state index contributed by atoms with van der Waals surface area (Å²) < 4.78 is 14.9. The molecule has 0 unspecified atom stereocenters. The molecule has 1 N–H and O–H groups in total. The molecule has 0 saturated heterocycles. The minimum absolute atomic E-state index is 0.173. The molecule has 88 valence electrons. The first-order valence-corrected chi connectivity index (χ1v) is 4.93. The van der Waals surface area contributed by atoms with Crippen LogP contribution in [0.4, 0.5) is 4.39 Å². The second-order valence-corrected chi connectivity index (χ2v) is 3.65. The highest BCUT2D eigenvalue weighted by atomic mass is 19.1. The van der Waals surface area contributed by atoms with E-state index in [0.29, 0.717) is 11.3 Å². The smallest absolute Gasteiger partial charge is 0.358 e. The number of para-hydroxylation sites is 1. The van der Waals surface area contributed by atoms with Crippen molar-refractivity contribution in [3.8, 4) is 5.69 Å². The molecule has 0 aliphatic carbocycles. The van der Waals surface area contributed by atoms with Crippen LogP contribution in [0.25, 0.3) is 5.69 Å². The predicted molar refractivity (Wildman–Crippen MR) is 57.8 cm³/mol. The SMILES string of the molecule is Cc1cccc(F)c1-n1nnc(C(=O)O)c1C. The largest absolute Gasteiger partial charge is 0.476 e. The zero-order chi connectivity index (χ0) is 12.6. The van der Waals surface area contributed by atoms with Crippen molar-refractivity contribution in [2.24, 2.45) is 0 Å². The van der Waals surface area contributed by atoms with Gasteiger partial charge in [0.1, 0.15) is 11.5 Å². The number of carbonyl (C=O) groups is 1. The fourth-order valence-electron chi connectivity index (χ4n) is 1.63. The fourth-order valence-corrected chi connectivity index (χ4v) is 1.63. The Morgan fingerprint density at radius 2 is 2.12 bits per heavy atom. The van der Waals surface area contributed by atoms with Crippen LogP contribution in [0.15, 0.2) is 18.2 Å². The van der Waals surface area contributed by atoms with E-state index in [1.807, 2.05) is 0 Å². The van der Waals surface area contributed by atoms with Crippen molar-refractivity contribution in [2.45, 2.75) is 13.8 Å². The van der Waals surface area contributed by atoms with Gasteiger partial charge in [-0.1, -0.05) is 17.3 Å². The van der Waals surface area contributed by atoms with Gasteiger partial charge in [0.05, 0.1) is 5.69 Å². The van der Waals surface area contributed by atoms with Crippen molar-refractivity contribution in [2.75, 3.05) is 0 Å². The van der Waals surface area contributed by atoms with Gasteiger partial charge in [-0.25, -0.2) is 13.9 Å². The molecule has 1 aromatic carbocycles. The van der Waals surface area contributed by atoms with E-state index in [1.54, 1.807) is 19.1 Å². The number of aromatic carboxylic acids is 1. The number of hydrogen-bond donors (Lipinski definition) is 1. The minimum atomic E-state index is -1.18. The highest BCUT2D eigenvalue weighted by molar-refractivity contribution is 5.86. The van der Waals surface area contributed by atoms with Crippen molar-refractivity contribution >= 4 is 5.97 Å². The molecule has 0 bridgehead atoms. The van der Waals surface area contributed by atoms with E-state index in [4.69, 9.17) is 5.11 Å². The van der Waals surface area contributed by atoms with Gasteiger partial charge in [-0.05, 0) is 25.5 Å². The Kier molecular flexibility index (Phi) is 2.63. The second kappa shape index (κ2) is 3.97. The Hall–Kier alpha value is -2.24. The normalized spacial score (nSPS) is 10.5. The first-order chi connectivity index (χ1) is 8.02. The van der Waals surface area contributed by atoms with E-state index < -0.39 is 11.8 Å². The summed E-state index contributed by atoms with van der Waals surface area (Å²) in [6.45, 7) is 3.26. The number of halogens is 1. The van der Waals surface area contributed by atoms with Gasteiger partial charge in [0.25, 0.3) is 0 Å². The summed E-state index contributed by atoms with van der Waals surface area (Å²) >= 11 is 0. The summed E-state index contributed by atoms with van der Waals surface area (Å²) in [6, 6.07) is 4.60. The van der Waals surface area contributed by atoms with Crippen LogP contribution in [0.5, 0.6) is 0 Å². The van der Waals surface area contributed by atoms with E-state index >= 15 is 0 Å². The monoisotopic (exact) mass is 235 g/mol. The van der Waals surface area contributed by atoms with Crippen LogP contribution in [0.1, 0.15) is 21.7 Å². The van der Waals surface area contributed by atoms with Crippen molar-refractivity contribution in [3.63, 3.8) is 0 Å². The lowest BCUT2D eigenvalue weighted by molar-refractivity contribution is 0.0689. The third kappa shape index (κ3) is 1.77. The van der Waals surface area contributed by atoms with Crippen molar-refractivity contribution in [1.82, 2.24) is 15.0 Å². The van der Waals surface area contributed by atoms with E-state index in [-0.39, 0.29) is 11.4 Å². The molecule has 0 radical (unpaired) electrons. The maximum absolute atomic E-state index is 13.7. The van der Waals surface area contributed by atoms with Crippen molar-refractivity contribution in [1.29, 1.82) is 0 Å². The standard InChI is InChI=1S/C11H10FN3O2/c1-6-4-3-5-8(12)10(6)15-7(2)9(11(16)17)13-14-15/h3-5H,1-2H3,(H,16,17). The van der Waals surface area contributed by atoms with Gasteiger partial charge < -0.3 is 5.11 Å². The molecule has 1 aromatic heterocycles. The lowest BCUT2D eigenvalue weighted by Gasteiger charge is -2.07. The maximum atomic E-state index is 13.7. The maximum Gasteiger partial charge on any atom is 0.358 e. The van der Waals surface area contributed by atoms with Gasteiger partial charge in [-0.2, -0.15) is 0 Å². The summed E-state index contributed by atoms with van der Waals surface area (Å²) in [5.74, 6) is -1.64. The molecule has 17 heavy (non-hydrogen) atoms. The van der Waals surface area contributed by atoms with Crippen LogP contribution in [-0.4, -0.2) is 26.1 Å². The number of nitrogens with zero attached hydrogens (tertiary/aromatic N) is 3. The van der Waals surface area contributed by atoms with Gasteiger partial charge >= 0.3 is 5.97 Å². The Bertz CT molecular complexity index is 572. The quantitative estimate of drug-likeness (QED) is 0.860. The zero-order valence-electron chi connectivity index (χ0n) is 9.31. The highest BCUT2D eigenvalue weighted by Crippen LogP contribution is 2.19. The van der Waals surface area contributed by atoms with Crippen molar-refractivity contribution < 1.29 is 14.3 Å². The molecule has 0 atom stereocenters. The number of rotatable bonds is 2. The van der Waals surface area contributed by atoms with E-state index in [9.17, 15) is 9.18 Å². The van der Waals surface area contributed by atoms with Crippen LogP contribution >= 0.6 is 0 Å². The molecular formula is C11H10FN3O2. The molecule has 0 amide bonds. The predicted octanol–water partition coefficient (Wildman–Crippen LogP) is 1.72. The molecule has 2 aromatic rings. The summed E-state index contributed by atoms with van der Waals surface area (Å²) in [7, 11) is 0. The van der Waals surface area contributed by atoms with Crippen LogP contribution in [0.2, 0.25) is 0 Å². The van der Waals surface area contributed by atoms with Crippen LogP contribution < -0.4 is 0 Å². The molecule has 0 saturated carbocycles. The number of hydrogen-bond acceptors (Lipinski definition) is 3. The van der Waals surface area contributed by atoms with E-state index in [1.165, 1.54) is 17.7 Å². The number of carboxylic acid groups (broad SMARTS) is 1. The zero-order valence-corrected chi connectivity index (χ0v) is 9.31. The molecule has 1 heterocycles. The van der Waals surface area contributed by atoms with E-state index in [2.05, 4.69) is 10.3 Å². The highest BCUT2D eigenvalue weighted by Gasteiger charge is 2.18. The first-order valence-electron chi connectivity index (χ1n) is 4.93. The topological polar surface area (TPSA) is 68.0 Å². The molecule has 2 rings (SSSR count). The summed E-state index contributed by atoms with van der Waals surface area (Å²) in [6.07, 6.45) is 0. The Morgan fingerprint density at radius 1 is 1.41 bits per heavy atom. The minimum Gasteiger partial charge on any atom is -0.476 e. The van der Waals surface area contributed by atoms with Gasteiger partial charge in [0.15, 0.2) is 5.69 Å². The molecule has 0 spiro atoms. The Morgan fingerprint density at radius 3 is 2.65 bits per heavy atom. The average Bonchev–Trinajstić information content (AvgIpc) is 2.61. The number of aromatic nitrogens is 3. The number of aryl methyl sites for hydroxylation is 1. The molecule has 6 heteroatoms.